The Hall–Kier alpha value is -1.53. The molecule has 14 heteroatoms. The van der Waals surface area contributed by atoms with Crippen LogP contribution in [0.4, 0.5) is 0 Å². The van der Waals surface area contributed by atoms with Gasteiger partial charge in [0.25, 0.3) is 0 Å². The van der Waals surface area contributed by atoms with Crippen LogP contribution >= 0.6 is 0 Å². The minimum absolute atomic E-state index is 0.0584. The molecule has 0 saturated carbocycles. The molecule has 0 aromatic heterocycles. The van der Waals surface area contributed by atoms with Crippen LogP contribution in [0.2, 0.25) is 0 Å². The van der Waals surface area contributed by atoms with Gasteiger partial charge in [-0.2, -0.15) is 0 Å². The van der Waals surface area contributed by atoms with Crippen molar-refractivity contribution in [2.75, 3.05) is 33.0 Å². The van der Waals surface area contributed by atoms with Gasteiger partial charge in [-0.3, -0.25) is 4.79 Å². The van der Waals surface area contributed by atoms with Crippen LogP contribution in [0.5, 0.6) is 0 Å². The third kappa shape index (κ3) is 30.3. The van der Waals surface area contributed by atoms with Gasteiger partial charge in [-0.05, 0) is 44.9 Å². The maximum absolute atomic E-state index is 13.0. The molecule has 11 unspecified atom stereocenters. The van der Waals surface area contributed by atoms with Crippen LogP contribution in [0, 0.1) is 0 Å². The second-order valence-corrected chi connectivity index (χ2v) is 19.8. The van der Waals surface area contributed by atoms with E-state index in [-0.39, 0.29) is 25.6 Å². The van der Waals surface area contributed by atoms with Gasteiger partial charge in [-0.15, -0.1) is 0 Å². The van der Waals surface area contributed by atoms with Gasteiger partial charge in [-0.1, -0.05) is 192 Å². The largest absolute Gasteiger partial charge is 0.457 e. The molecule has 2 aliphatic heterocycles. The van der Waals surface area contributed by atoms with Crippen molar-refractivity contribution in [3.05, 3.63) is 24.3 Å². The molecule has 0 amide bonds. The van der Waals surface area contributed by atoms with E-state index in [1.165, 1.54) is 135 Å². The number of aliphatic hydroxyl groups is 7. The molecule has 0 aromatic rings. The third-order valence-corrected chi connectivity index (χ3v) is 13.5. The predicted octanol–water partition coefficient (Wildman–Crippen LogP) is 9.19. The molecule has 2 saturated heterocycles. The molecule has 69 heavy (non-hydrogen) atoms. The first-order chi connectivity index (χ1) is 33.6. The number of ether oxygens (including phenoxy) is 6. The number of esters is 1. The molecular formula is C55H102O14. The van der Waals surface area contributed by atoms with Gasteiger partial charge < -0.3 is 64.2 Å². The summed E-state index contributed by atoms with van der Waals surface area (Å²) in [7, 11) is 0. The van der Waals surface area contributed by atoms with Crippen LogP contribution in [0.15, 0.2) is 24.3 Å². The zero-order valence-electron chi connectivity index (χ0n) is 43.3. The van der Waals surface area contributed by atoms with Crippen LogP contribution in [-0.2, 0) is 33.2 Å². The van der Waals surface area contributed by atoms with Crippen LogP contribution in [0.25, 0.3) is 0 Å². The standard InChI is InChI=1S/C55H102O14/c1-3-5-7-9-11-13-15-17-19-21-22-23-24-26-28-30-32-34-36-38-47(57)67-44(41-64-39-37-35-33-31-29-27-25-20-18-16-14-12-10-8-6-4-2)42-65-54-53(63)51(61)49(59)46(69-54)43-66-55-52(62)50(60)48(58)45(40-56)68-55/h12,14,18,20,44-46,48-56,58-63H,3-11,13,15-17,19,21-43H2,1-2H3/b14-12-,20-18-. The van der Waals surface area contributed by atoms with Crippen LogP contribution < -0.4 is 0 Å². The summed E-state index contributed by atoms with van der Waals surface area (Å²) in [5.74, 6) is -0.376. The lowest BCUT2D eigenvalue weighted by molar-refractivity contribution is -0.332. The second kappa shape index (κ2) is 42.9. The molecule has 0 aromatic carbocycles. The Balaban J connectivity index is 1.73. The number of carbonyl (C=O) groups is 1. The summed E-state index contributed by atoms with van der Waals surface area (Å²) >= 11 is 0. The quantitative estimate of drug-likeness (QED) is 0.0172. The maximum Gasteiger partial charge on any atom is 0.306 e. The van der Waals surface area contributed by atoms with E-state index in [1.807, 2.05) is 0 Å². The van der Waals surface area contributed by atoms with Gasteiger partial charge in [-0.25, -0.2) is 0 Å². The highest BCUT2D eigenvalue weighted by Crippen LogP contribution is 2.27. The van der Waals surface area contributed by atoms with E-state index in [9.17, 15) is 40.5 Å². The fraction of sp³-hybridized carbons (Fsp3) is 0.909. The van der Waals surface area contributed by atoms with Crippen molar-refractivity contribution in [2.24, 2.45) is 0 Å². The van der Waals surface area contributed by atoms with Crippen molar-refractivity contribution in [3.63, 3.8) is 0 Å². The lowest BCUT2D eigenvalue weighted by Gasteiger charge is -2.42. The van der Waals surface area contributed by atoms with E-state index < -0.39 is 80.7 Å². The molecular weight excluding hydrogens is 885 g/mol. The molecule has 0 bridgehead atoms. The Morgan fingerprint density at radius 3 is 1.42 bits per heavy atom. The molecule has 14 nitrogen and oxygen atoms in total. The molecule has 0 spiro atoms. The van der Waals surface area contributed by atoms with Crippen LogP contribution in [-0.4, -0.2) is 142 Å². The summed E-state index contributed by atoms with van der Waals surface area (Å²) in [5, 5.41) is 72.2. The number of carbonyl (C=O) groups excluding carboxylic acids is 1. The summed E-state index contributed by atoms with van der Waals surface area (Å²) in [5.41, 5.74) is 0. The fourth-order valence-corrected chi connectivity index (χ4v) is 8.90. The van der Waals surface area contributed by atoms with E-state index >= 15 is 0 Å². The Labute approximate surface area is 417 Å². The van der Waals surface area contributed by atoms with Gasteiger partial charge >= 0.3 is 5.97 Å². The first-order valence-corrected chi connectivity index (χ1v) is 27.9. The monoisotopic (exact) mass is 987 g/mol. The van der Waals surface area contributed by atoms with Gasteiger partial charge in [0.1, 0.15) is 54.9 Å². The number of unbranched alkanes of at least 4 members (excludes halogenated alkanes) is 27. The SMILES string of the molecule is CCCCC/C=C\C/C=C\CCCCCCCCOCC(COC1OC(COC2OC(CO)C(O)C(O)C2O)C(O)C(O)C1O)OC(=O)CCCCCCCCCCCCCCCCCCCCC. The van der Waals surface area contributed by atoms with Crippen LogP contribution in [0.3, 0.4) is 0 Å². The average molecular weight is 987 g/mol. The molecule has 2 rings (SSSR count). The van der Waals surface area contributed by atoms with Gasteiger partial charge in [0.15, 0.2) is 12.6 Å². The molecule has 406 valence electrons. The lowest BCUT2D eigenvalue weighted by atomic mass is 9.98. The first-order valence-electron chi connectivity index (χ1n) is 27.9. The molecule has 2 aliphatic rings. The second-order valence-electron chi connectivity index (χ2n) is 19.8. The summed E-state index contributed by atoms with van der Waals surface area (Å²) in [6.45, 7) is 3.67. The van der Waals surface area contributed by atoms with Crippen molar-refractivity contribution >= 4 is 5.97 Å². The fourth-order valence-electron chi connectivity index (χ4n) is 8.90. The number of hydrogen-bond donors (Lipinski definition) is 7. The molecule has 2 fully saturated rings. The highest BCUT2D eigenvalue weighted by molar-refractivity contribution is 5.69. The Morgan fingerprint density at radius 1 is 0.478 bits per heavy atom. The summed E-state index contributed by atoms with van der Waals surface area (Å²) in [6.07, 6.45) is 30.9. The minimum atomic E-state index is -1.71. The van der Waals surface area contributed by atoms with Crippen molar-refractivity contribution in [2.45, 2.75) is 287 Å². The normalized spacial score (nSPS) is 25.8. The van der Waals surface area contributed by atoms with Crippen molar-refractivity contribution < 1.29 is 69.0 Å². The molecule has 11 atom stereocenters. The third-order valence-electron chi connectivity index (χ3n) is 13.5. The first kappa shape index (κ1) is 63.6. The van der Waals surface area contributed by atoms with E-state index in [4.69, 9.17) is 28.4 Å². The summed E-state index contributed by atoms with van der Waals surface area (Å²) in [4.78, 5) is 13.0. The van der Waals surface area contributed by atoms with Gasteiger partial charge in [0, 0.05) is 13.0 Å². The molecule has 0 radical (unpaired) electrons. The highest BCUT2D eigenvalue weighted by atomic mass is 16.7. The van der Waals surface area contributed by atoms with Crippen LogP contribution in [0.1, 0.15) is 219 Å². The highest BCUT2D eigenvalue weighted by Gasteiger charge is 2.47. The number of allylic oxidation sites excluding steroid dienone is 4. The Morgan fingerprint density at radius 2 is 0.899 bits per heavy atom. The summed E-state index contributed by atoms with van der Waals surface area (Å²) < 4.78 is 34.3. The minimum Gasteiger partial charge on any atom is -0.457 e. The average Bonchev–Trinajstić information content (AvgIpc) is 3.35. The van der Waals surface area contributed by atoms with Crippen molar-refractivity contribution in [1.29, 1.82) is 0 Å². The van der Waals surface area contributed by atoms with E-state index in [2.05, 4.69) is 38.2 Å². The van der Waals surface area contributed by atoms with Crippen molar-refractivity contribution in [3.8, 4) is 0 Å². The van der Waals surface area contributed by atoms with Gasteiger partial charge in [0.2, 0.25) is 0 Å². The molecule has 0 aliphatic carbocycles. The molecule has 7 N–H and O–H groups in total. The Kier molecular flexibility index (Phi) is 39.6. The van der Waals surface area contributed by atoms with Crippen molar-refractivity contribution in [1.82, 2.24) is 0 Å². The maximum atomic E-state index is 13.0. The van der Waals surface area contributed by atoms with E-state index in [1.54, 1.807) is 0 Å². The smallest absolute Gasteiger partial charge is 0.306 e. The zero-order chi connectivity index (χ0) is 50.2. The topological polar surface area (TPSA) is 214 Å². The Bertz CT molecular complexity index is 1240. The van der Waals surface area contributed by atoms with E-state index in [0.29, 0.717) is 13.0 Å². The number of hydrogen-bond acceptors (Lipinski definition) is 14. The number of rotatable bonds is 45. The lowest BCUT2D eigenvalue weighted by Crippen LogP contribution is -2.61. The van der Waals surface area contributed by atoms with E-state index in [0.717, 1.165) is 57.8 Å². The predicted molar refractivity (Wildman–Crippen MR) is 270 cm³/mol. The number of aliphatic hydroxyl groups excluding tert-OH is 7. The summed E-state index contributed by atoms with van der Waals surface area (Å²) in [6, 6.07) is 0. The van der Waals surface area contributed by atoms with Gasteiger partial charge in [0.05, 0.1) is 26.4 Å². The molecule has 2 heterocycles. The zero-order valence-corrected chi connectivity index (χ0v) is 43.3.